The minimum Gasteiger partial charge on any atom is -0.481 e. The predicted octanol–water partition coefficient (Wildman–Crippen LogP) is 1.97. The third kappa shape index (κ3) is 3.61. The van der Waals surface area contributed by atoms with Gasteiger partial charge in [-0.2, -0.15) is 13.2 Å². The van der Waals surface area contributed by atoms with Gasteiger partial charge in [0, 0.05) is 0 Å². The number of nitrogens with two attached hydrogens (primary N) is 1. The summed E-state index contributed by atoms with van der Waals surface area (Å²) in [6.45, 7) is 2.29. The van der Waals surface area contributed by atoms with Gasteiger partial charge in [-0.1, -0.05) is 0 Å². The molecule has 1 atom stereocenters. The zero-order valence-electron chi connectivity index (χ0n) is 9.65. The van der Waals surface area contributed by atoms with E-state index in [-0.39, 0.29) is 16.2 Å². The fourth-order valence-electron chi connectivity index (χ4n) is 1.29. The van der Waals surface area contributed by atoms with E-state index in [1.165, 1.54) is 13.0 Å². The van der Waals surface area contributed by atoms with Crippen molar-refractivity contribution in [3.05, 3.63) is 23.8 Å². The number of alkyl halides is 3. The molecule has 0 spiro atoms. The number of hydrogen-bond acceptors (Lipinski definition) is 3. The van der Waals surface area contributed by atoms with E-state index in [1.807, 2.05) is 0 Å². The highest BCUT2D eigenvalue weighted by molar-refractivity contribution is 7.89. The molecule has 1 aromatic carbocycles. The minimum atomic E-state index is -4.48. The van der Waals surface area contributed by atoms with Crippen molar-refractivity contribution in [3.8, 4) is 5.75 Å². The van der Waals surface area contributed by atoms with Crippen LogP contribution in [0.3, 0.4) is 0 Å². The molecule has 1 unspecified atom stereocenters. The van der Waals surface area contributed by atoms with Gasteiger partial charge in [0.05, 0.1) is 4.90 Å². The summed E-state index contributed by atoms with van der Waals surface area (Å²) < 4.78 is 63.7. The molecule has 0 saturated heterocycles. The predicted molar refractivity (Wildman–Crippen MR) is 58.7 cm³/mol. The Kier molecular flexibility index (Phi) is 3.92. The largest absolute Gasteiger partial charge is 0.481 e. The van der Waals surface area contributed by atoms with Crippen LogP contribution >= 0.6 is 0 Å². The van der Waals surface area contributed by atoms with Crippen molar-refractivity contribution < 1.29 is 26.3 Å². The molecule has 0 aliphatic heterocycles. The molecule has 1 rings (SSSR count). The first kappa shape index (κ1) is 14.8. The summed E-state index contributed by atoms with van der Waals surface area (Å²) in [7, 11) is -3.88. The second kappa shape index (κ2) is 4.77. The Morgan fingerprint density at radius 1 is 1.33 bits per heavy atom. The average molecular weight is 283 g/mol. The number of aryl methyl sites for hydroxylation is 1. The summed E-state index contributed by atoms with van der Waals surface area (Å²) in [5.41, 5.74) is 0.226. The molecule has 0 saturated carbocycles. The van der Waals surface area contributed by atoms with Gasteiger partial charge in [0.15, 0.2) is 6.10 Å². The third-order valence-corrected chi connectivity index (χ3v) is 3.30. The Hall–Kier alpha value is -1.28. The molecule has 0 aliphatic carbocycles. The second-order valence-corrected chi connectivity index (χ2v) is 5.30. The maximum absolute atomic E-state index is 12.3. The lowest BCUT2D eigenvalue weighted by Gasteiger charge is -2.18. The van der Waals surface area contributed by atoms with Crippen molar-refractivity contribution in [3.63, 3.8) is 0 Å². The van der Waals surface area contributed by atoms with Gasteiger partial charge in [-0.15, -0.1) is 0 Å². The molecule has 8 heteroatoms. The quantitative estimate of drug-likeness (QED) is 0.922. The summed E-state index contributed by atoms with van der Waals surface area (Å²) in [5, 5.41) is 4.93. The zero-order valence-corrected chi connectivity index (χ0v) is 10.5. The molecule has 2 N–H and O–H groups in total. The van der Waals surface area contributed by atoms with E-state index in [0.717, 1.165) is 19.1 Å². The van der Waals surface area contributed by atoms with Crippen LogP contribution in [0, 0.1) is 6.92 Å². The first-order valence-corrected chi connectivity index (χ1v) is 6.43. The highest BCUT2D eigenvalue weighted by Crippen LogP contribution is 2.26. The van der Waals surface area contributed by atoms with Gasteiger partial charge in [0.2, 0.25) is 10.0 Å². The van der Waals surface area contributed by atoms with Gasteiger partial charge in [-0.25, -0.2) is 13.6 Å². The lowest BCUT2D eigenvalue weighted by atomic mass is 10.2. The fraction of sp³-hybridized carbons (Fsp3) is 0.400. The topological polar surface area (TPSA) is 69.4 Å². The van der Waals surface area contributed by atoms with Crippen LogP contribution in [-0.4, -0.2) is 20.7 Å². The number of ether oxygens (including phenoxy) is 1. The van der Waals surface area contributed by atoms with Gasteiger partial charge >= 0.3 is 6.18 Å². The normalized spacial score (nSPS) is 14.3. The number of sulfonamides is 1. The summed E-state index contributed by atoms with van der Waals surface area (Å²) in [6, 6.07) is 3.44. The molecule has 0 fully saturated rings. The standard InChI is InChI=1S/C10H12F3NO3S/c1-6-5-8(17-7(2)10(11,12)13)3-4-9(6)18(14,15)16/h3-5,7H,1-2H3,(H2,14,15,16). The van der Waals surface area contributed by atoms with Gasteiger partial charge in [-0.05, 0) is 37.6 Å². The van der Waals surface area contributed by atoms with Crippen LogP contribution in [0.2, 0.25) is 0 Å². The van der Waals surface area contributed by atoms with Crippen molar-refractivity contribution in [2.45, 2.75) is 31.0 Å². The molecule has 0 bridgehead atoms. The van der Waals surface area contributed by atoms with Crippen LogP contribution in [0.4, 0.5) is 13.2 Å². The summed E-state index contributed by atoms with van der Waals surface area (Å²) in [6.07, 6.45) is -6.45. The number of rotatable bonds is 3. The van der Waals surface area contributed by atoms with Crippen molar-refractivity contribution in [1.29, 1.82) is 0 Å². The van der Waals surface area contributed by atoms with Gasteiger partial charge in [0.1, 0.15) is 5.75 Å². The van der Waals surface area contributed by atoms with Gasteiger partial charge < -0.3 is 4.74 Å². The molecular formula is C10H12F3NO3S. The fourth-order valence-corrected chi connectivity index (χ4v) is 2.05. The van der Waals surface area contributed by atoms with E-state index >= 15 is 0 Å². The van der Waals surface area contributed by atoms with E-state index in [2.05, 4.69) is 4.74 Å². The molecule has 0 aliphatic rings. The molecule has 0 amide bonds. The molecule has 18 heavy (non-hydrogen) atoms. The lowest BCUT2D eigenvalue weighted by Crippen LogP contribution is -2.31. The van der Waals surface area contributed by atoms with E-state index < -0.39 is 22.3 Å². The first-order valence-electron chi connectivity index (χ1n) is 4.88. The monoisotopic (exact) mass is 283 g/mol. The average Bonchev–Trinajstić information content (AvgIpc) is 2.13. The zero-order chi connectivity index (χ0) is 14.1. The van der Waals surface area contributed by atoms with E-state index in [1.54, 1.807) is 0 Å². The van der Waals surface area contributed by atoms with Crippen LogP contribution in [0.5, 0.6) is 5.75 Å². The maximum atomic E-state index is 12.3. The van der Waals surface area contributed by atoms with E-state index in [0.29, 0.717) is 0 Å². The molecule has 0 radical (unpaired) electrons. The summed E-state index contributed by atoms with van der Waals surface area (Å²) >= 11 is 0. The third-order valence-electron chi connectivity index (χ3n) is 2.23. The van der Waals surface area contributed by atoms with Gasteiger partial charge in [0.25, 0.3) is 0 Å². The lowest BCUT2D eigenvalue weighted by molar-refractivity contribution is -0.189. The smallest absolute Gasteiger partial charge is 0.425 e. The molecular weight excluding hydrogens is 271 g/mol. The Bertz CT molecular complexity index is 540. The molecule has 4 nitrogen and oxygen atoms in total. The van der Waals surface area contributed by atoms with E-state index in [9.17, 15) is 21.6 Å². The SMILES string of the molecule is Cc1cc(OC(C)C(F)(F)F)ccc1S(N)(=O)=O. The van der Waals surface area contributed by atoms with Crippen molar-refractivity contribution in [2.75, 3.05) is 0 Å². The first-order chi connectivity index (χ1) is 8.01. The van der Waals surface area contributed by atoms with Crippen LogP contribution < -0.4 is 9.88 Å². The van der Waals surface area contributed by atoms with Crippen molar-refractivity contribution in [1.82, 2.24) is 0 Å². The number of primary sulfonamides is 1. The maximum Gasteiger partial charge on any atom is 0.425 e. The van der Waals surface area contributed by atoms with Crippen molar-refractivity contribution in [2.24, 2.45) is 5.14 Å². The van der Waals surface area contributed by atoms with Crippen LogP contribution in [0.25, 0.3) is 0 Å². The Labute approximate surface area is 103 Å². The van der Waals surface area contributed by atoms with Crippen LogP contribution in [0.15, 0.2) is 23.1 Å². The van der Waals surface area contributed by atoms with Gasteiger partial charge in [-0.3, -0.25) is 0 Å². The van der Waals surface area contributed by atoms with Crippen LogP contribution in [-0.2, 0) is 10.0 Å². The Morgan fingerprint density at radius 2 is 1.89 bits per heavy atom. The van der Waals surface area contributed by atoms with Crippen molar-refractivity contribution >= 4 is 10.0 Å². The summed E-state index contributed by atoms with van der Waals surface area (Å²) in [5.74, 6) is -0.0651. The van der Waals surface area contributed by atoms with E-state index in [4.69, 9.17) is 5.14 Å². The molecule has 0 heterocycles. The molecule has 1 aromatic rings. The number of benzene rings is 1. The Morgan fingerprint density at radius 3 is 2.28 bits per heavy atom. The highest BCUT2D eigenvalue weighted by atomic mass is 32.2. The minimum absolute atomic E-state index is 0.0651. The Balaban J connectivity index is 3.00. The molecule has 102 valence electrons. The number of halogens is 3. The second-order valence-electron chi connectivity index (χ2n) is 3.77. The summed E-state index contributed by atoms with van der Waals surface area (Å²) in [4.78, 5) is -0.144. The number of hydrogen-bond donors (Lipinski definition) is 1. The molecule has 0 aromatic heterocycles. The van der Waals surface area contributed by atoms with Crippen LogP contribution in [0.1, 0.15) is 12.5 Å². The highest BCUT2D eigenvalue weighted by Gasteiger charge is 2.38.